The minimum Gasteiger partial charge on any atom is -0.494 e. The number of rotatable bonds is 44. The molecule has 7 nitrogen and oxygen atoms in total. The zero-order valence-electron chi connectivity index (χ0n) is 78.5. The van der Waals surface area contributed by atoms with Crippen LogP contribution in [0.2, 0.25) is 0 Å². The summed E-state index contributed by atoms with van der Waals surface area (Å²) in [6.07, 6.45) is 32.7. The number of aromatic nitrogens is 3. The van der Waals surface area contributed by atoms with E-state index in [2.05, 4.69) is 336 Å². The smallest absolute Gasteiger partial charge is 0.164 e. The number of aryl methyl sites for hydroxylation is 5. The molecule has 12 aromatic carbocycles. The largest absolute Gasteiger partial charge is 0.494 e. The second kappa shape index (κ2) is 42.7. The summed E-state index contributed by atoms with van der Waals surface area (Å²) in [7, 11) is 0. The maximum Gasteiger partial charge on any atom is 0.164 e. The van der Waals surface area contributed by atoms with E-state index in [1.54, 1.807) is 0 Å². The highest BCUT2D eigenvalue weighted by Crippen LogP contribution is 2.60. The average Bonchev–Trinajstić information content (AvgIpc) is 1.54. The molecule has 0 radical (unpaired) electrons. The maximum absolute atomic E-state index is 6.32. The zero-order chi connectivity index (χ0) is 88.3. The lowest BCUT2D eigenvalue weighted by molar-refractivity contribution is 0.110. The second-order valence-electron chi connectivity index (χ2n) is 37.7. The summed E-state index contributed by atoms with van der Waals surface area (Å²) in [6.45, 7) is 29.5. The first-order valence-corrected chi connectivity index (χ1v) is 48.8. The van der Waals surface area contributed by atoms with E-state index in [4.69, 9.17) is 29.2 Å². The van der Waals surface area contributed by atoms with Crippen LogP contribution in [0.1, 0.15) is 283 Å². The lowest BCUT2D eigenvalue weighted by Gasteiger charge is -2.35. The first-order valence-electron chi connectivity index (χ1n) is 48.8. The highest BCUT2D eigenvalue weighted by Gasteiger charge is 2.48. The Labute approximate surface area is 761 Å². The molecule has 0 bridgehead atoms. The van der Waals surface area contributed by atoms with Gasteiger partial charge in [0.15, 0.2) is 17.5 Å². The van der Waals surface area contributed by atoms with Gasteiger partial charge in [0.2, 0.25) is 0 Å². The summed E-state index contributed by atoms with van der Waals surface area (Å²) < 4.78 is 18.3. The van der Waals surface area contributed by atoms with E-state index in [1.807, 2.05) is 6.92 Å². The van der Waals surface area contributed by atoms with Crippen molar-refractivity contribution in [2.45, 2.75) is 266 Å². The third kappa shape index (κ3) is 20.9. The van der Waals surface area contributed by atoms with Crippen molar-refractivity contribution < 1.29 is 14.2 Å². The zero-order valence-corrected chi connectivity index (χ0v) is 78.5. The van der Waals surface area contributed by atoms with Gasteiger partial charge in [-0.05, 0) is 250 Å². The molecule has 1 unspecified atom stereocenters. The van der Waals surface area contributed by atoms with Gasteiger partial charge < -0.3 is 19.1 Å². The van der Waals surface area contributed by atoms with Crippen LogP contribution in [-0.4, -0.2) is 41.4 Å². The van der Waals surface area contributed by atoms with Crippen LogP contribution in [0.3, 0.4) is 0 Å². The molecule has 1 atom stereocenters. The van der Waals surface area contributed by atoms with Gasteiger partial charge in [0.05, 0.1) is 24.3 Å². The Morgan fingerprint density at radius 2 is 0.661 bits per heavy atom. The van der Waals surface area contributed by atoms with E-state index >= 15 is 0 Å². The van der Waals surface area contributed by atoms with Gasteiger partial charge in [-0.3, -0.25) is 0 Å². The molecule has 0 saturated carbocycles. The first kappa shape index (κ1) is 90.8. The van der Waals surface area contributed by atoms with Crippen LogP contribution >= 0.6 is 0 Å². The van der Waals surface area contributed by atoms with Gasteiger partial charge in [-0.2, -0.15) is 0 Å². The predicted molar refractivity (Wildman–Crippen MR) is 538 cm³/mol. The van der Waals surface area contributed by atoms with Crippen molar-refractivity contribution in [1.29, 1.82) is 0 Å². The number of hydrogen-bond donors (Lipinski definition) is 0. The molecule has 127 heavy (non-hydrogen) atoms. The summed E-state index contributed by atoms with van der Waals surface area (Å²) >= 11 is 0. The van der Waals surface area contributed by atoms with Crippen molar-refractivity contribution in [3.63, 3.8) is 0 Å². The van der Waals surface area contributed by atoms with Crippen molar-refractivity contribution in [1.82, 2.24) is 15.0 Å². The van der Waals surface area contributed by atoms with Gasteiger partial charge >= 0.3 is 0 Å². The van der Waals surface area contributed by atoms with Gasteiger partial charge in [-0.15, -0.1) is 0 Å². The molecule has 2 aliphatic carbocycles. The van der Waals surface area contributed by atoms with E-state index in [1.165, 1.54) is 258 Å². The molecule has 1 heterocycles. The summed E-state index contributed by atoms with van der Waals surface area (Å²) in [6, 6.07) is 97.3. The van der Waals surface area contributed by atoms with Gasteiger partial charge in [-0.25, -0.2) is 15.0 Å². The van der Waals surface area contributed by atoms with Crippen LogP contribution in [-0.2, 0) is 27.4 Å². The van der Waals surface area contributed by atoms with E-state index < -0.39 is 5.41 Å². The lowest BCUT2D eigenvalue weighted by Crippen LogP contribution is -2.28. The molecule has 0 aliphatic heterocycles. The number of benzene rings is 12. The molecule has 13 aromatic rings. The normalized spacial score (nSPS) is 13.6. The van der Waals surface area contributed by atoms with Crippen molar-refractivity contribution in [3.05, 3.63) is 322 Å². The fourth-order valence-corrected chi connectivity index (χ4v) is 20.2. The third-order valence-corrected chi connectivity index (χ3v) is 27.3. The molecule has 1 aromatic heterocycles. The van der Waals surface area contributed by atoms with Crippen molar-refractivity contribution in [2.24, 2.45) is 0 Å². The Morgan fingerprint density at radius 3 is 1.11 bits per heavy atom. The molecule has 0 fully saturated rings. The Balaban J connectivity index is 0.755. The van der Waals surface area contributed by atoms with Crippen LogP contribution < -0.4 is 14.4 Å². The van der Waals surface area contributed by atoms with Crippen molar-refractivity contribution >= 4 is 17.1 Å². The van der Waals surface area contributed by atoms with Crippen LogP contribution in [0.4, 0.5) is 17.1 Å². The molecule has 15 rings (SSSR count). The van der Waals surface area contributed by atoms with Gasteiger partial charge in [-0.1, -0.05) is 382 Å². The maximum atomic E-state index is 6.32. The Bertz CT molecular complexity index is 5720. The molecule has 0 N–H and O–H groups in total. The molecule has 0 saturated heterocycles. The van der Waals surface area contributed by atoms with Crippen molar-refractivity contribution in [2.75, 3.05) is 31.3 Å². The van der Waals surface area contributed by atoms with E-state index in [-0.39, 0.29) is 10.8 Å². The van der Waals surface area contributed by atoms with E-state index in [9.17, 15) is 0 Å². The second-order valence-corrected chi connectivity index (χ2v) is 37.7. The summed E-state index contributed by atoms with van der Waals surface area (Å²) in [5.74, 6) is 3.74. The molecule has 656 valence electrons. The van der Waals surface area contributed by atoms with Crippen LogP contribution in [0.15, 0.2) is 255 Å². The summed E-state index contributed by atoms with van der Waals surface area (Å²) in [5, 5.41) is 0. The number of anilines is 3. The number of unbranched alkanes of at least 4 members (excludes halogenated alkanes) is 19. The number of fused-ring (bicyclic) bond motifs is 6. The molecular weight excluding hydrogens is 1550 g/mol. The van der Waals surface area contributed by atoms with Gasteiger partial charge in [0.1, 0.15) is 18.1 Å². The number of ether oxygens (including phenoxy) is 3. The molecule has 7 heteroatoms. The van der Waals surface area contributed by atoms with Gasteiger partial charge in [0, 0.05) is 40.1 Å². The molecule has 0 spiro atoms. The average molecular weight is 1680 g/mol. The number of nitrogens with zero attached hydrogens (tertiary/aromatic N) is 4. The standard InChI is InChI=1S/C120H138N4O3/c1-13-18-21-24-27-28-29-30-31-34-37-89-41-45-94(46-42-89)116-121-115(93-43-38-85(6)39-44-93)122-117(123-116)95-49-47-90(48-50-95)91-51-62-102(63-52-91)124(114-87(8)80-101(81-88(114)9)118(10,11)12)103-64-53-92(54-65-103)96-55-71-106-107-72-56-97(83-111(107)119(110(106)82-96,74-35-32-25-22-19-14-2)75-36-33-26-23-20-15-3)98-57-73-109-108-70-40-86(7)79-112(108)120(113(109)84-98,99-58-66-104(67-59-99)126-76-16-4)100-60-68-105(69-61-100)127-78-77-125-17-5/h38-73,79-84H,13-37,74-78H2,1-12H3. The molecular formula is C120H138N4O3. The Morgan fingerprint density at radius 1 is 0.307 bits per heavy atom. The number of hydrogen-bond acceptors (Lipinski definition) is 7. The highest BCUT2D eigenvalue weighted by molar-refractivity contribution is 5.92. The minimum atomic E-state index is -0.643. The summed E-state index contributed by atoms with van der Waals surface area (Å²) in [5.41, 5.74) is 33.7. The van der Waals surface area contributed by atoms with Crippen LogP contribution in [0, 0.1) is 27.7 Å². The van der Waals surface area contributed by atoms with Gasteiger partial charge in [0.25, 0.3) is 0 Å². The topological polar surface area (TPSA) is 69.6 Å². The third-order valence-electron chi connectivity index (χ3n) is 27.3. The van der Waals surface area contributed by atoms with Crippen LogP contribution in [0.5, 0.6) is 11.5 Å². The van der Waals surface area contributed by atoms with E-state index in [0.29, 0.717) is 43.9 Å². The van der Waals surface area contributed by atoms with E-state index in [0.717, 1.165) is 76.4 Å². The van der Waals surface area contributed by atoms with Crippen molar-refractivity contribution in [3.8, 4) is 101 Å². The fraction of sp³-hybridized carbons (Fsp3) is 0.375. The lowest BCUT2D eigenvalue weighted by atomic mass is 9.67. The summed E-state index contributed by atoms with van der Waals surface area (Å²) in [4.78, 5) is 18.0. The predicted octanol–water partition coefficient (Wildman–Crippen LogP) is 33.7. The molecule has 2 aliphatic rings. The first-order chi connectivity index (χ1) is 62.0. The SMILES string of the molecule is CCCCCCCCCCCCc1ccc(-c2nc(-c3ccc(C)cc3)nc(-c3ccc(-c4ccc(N(c5ccc(-c6ccc7c(c6)C(CCCCCCCC)(CCCCCCCC)c6cc(-c8ccc9c(c8)C(c8ccc(OCCC)cc8)(c8ccc(OCCOCC)cc8)c8cc(C)ccc8-9)ccc6-7)cc5)c5c(C)cc(C(C)(C)C)cc5C)cc4)cc3)n2)cc1. The minimum absolute atomic E-state index is 0.0117. The van der Waals surface area contributed by atoms with Crippen LogP contribution in [0.25, 0.3) is 89.8 Å². The fourth-order valence-electron chi connectivity index (χ4n) is 20.2. The molecule has 0 amide bonds. The Kier molecular flexibility index (Phi) is 30.6. The Hall–Kier alpha value is -11.0. The quantitative estimate of drug-likeness (QED) is 0.0352. The highest BCUT2D eigenvalue weighted by atomic mass is 16.5. The monoisotopic (exact) mass is 1680 g/mol.